The fourth-order valence-electron chi connectivity index (χ4n) is 1.79. The van der Waals surface area contributed by atoms with Gasteiger partial charge in [0.2, 0.25) is 5.91 Å². The van der Waals surface area contributed by atoms with Gasteiger partial charge in [0.25, 0.3) is 0 Å². The van der Waals surface area contributed by atoms with Gasteiger partial charge in [-0.25, -0.2) is 0 Å². The van der Waals surface area contributed by atoms with E-state index in [4.69, 9.17) is 5.11 Å². The number of rotatable bonds is 9. The summed E-state index contributed by atoms with van der Waals surface area (Å²) in [5.74, 6) is -1.36. The predicted octanol–water partition coefficient (Wildman–Crippen LogP) is 2.77. The summed E-state index contributed by atoms with van der Waals surface area (Å²) in [6.07, 6.45) is 4.38. The lowest BCUT2D eigenvalue weighted by molar-refractivity contribution is -0.143. The SMILES string of the molecule is CCCCCCN(CC(C)C(=O)O)C(=O)C(C)C. The third-order valence-corrected chi connectivity index (χ3v) is 3.00. The first-order valence-corrected chi connectivity index (χ1v) is 6.91. The van der Waals surface area contributed by atoms with Crippen molar-refractivity contribution >= 4 is 11.9 Å². The van der Waals surface area contributed by atoms with E-state index in [0.717, 1.165) is 25.7 Å². The molecule has 0 rings (SSSR count). The van der Waals surface area contributed by atoms with Crippen molar-refractivity contribution in [1.82, 2.24) is 4.90 Å². The maximum absolute atomic E-state index is 12.0. The topological polar surface area (TPSA) is 57.6 Å². The average Bonchev–Trinajstić information content (AvgIpc) is 2.31. The first-order valence-electron chi connectivity index (χ1n) is 6.91. The van der Waals surface area contributed by atoms with Gasteiger partial charge in [-0.1, -0.05) is 47.0 Å². The second-order valence-corrected chi connectivity index (χ2v) is 5.24. The van der Waals surface area contributed by atoms with Crippen LogP contribution in [0.2, 0.25) is 0 Å². The third-order valence-electron chi connectivity index (χ3n) is 3.00. The molecule has 1 amide bonds. The van der Waals surface area contributed by atoms with E-state index < -0.39 is 11.9 Å². The van der Waals surface area contributed by atoms with E-state index in [1.807, 2.05) is 13.8 Å². The number of hydrogen-bond acceptors (Lipinski definition) is 2. The number of carboxylic acid groups (broad SMARTS) is 1. The molecule has 4 heteroatoms. The van der Waals surface area contributed by atoms with E-state index >= 15 is 0 Å². The zero-order valence-corrected chi connectivity index (χ0v) is 12.1. The van der Waals surface area contributed by atoms with Crippen LogP contribution in [0, 0.1) is 11.8 Å². The zero-order chi connectivity index (χ0) is 14.1. The molecule has 1 atom stereocenters. The van der Waals surface area contributed by atoms with Gasteiger partial charge in [-0.2, -0.15) is 0 Å². The van der Waals surface area contributed by atoms with E-state index in [1.165, 1.54) is 0 Å². The molecule has 4 nitrogen and oxygen atoms in total. The van der Waals surface area contributed by atoms with E-state index in [-0.39, 0.29) is 11.8 Å². The average molecular weight is 257 g/mol. The summed E-state index contributed by atoms with van der Waals surface area (Å²) in [7, 11) is 0. The van der Waals surface area contributed by atoms with Crippen molar-refractivity contribution < 1.29 is 14.7 Å². The van der Waals surface area contributed by atoms with Gasteiger partial charge < -0.3 is 10.0 Å². The Bertz CT molecular complexity index is 264. The molecular formula is C14H27NO3. The molecule has 0 aliphatic rings. The van der Waals surface area contributed by atoms with E-state index in [9.17, 15) is 9.59 Å². The van der Waals surface area contributed by atoms with Crippen molar-refractivity contribution in [3.63, 3.8) is 0 Å². The standard InChI is InChI=1S/C14H27NO3/c1-5-6-7-8-9-15(13(16)11(2)3)10-12(4)14(17)18/h11-12H,5-10H2,1-4H3,(H,17,18). The monoisotopic (exact) mass is 257 g/mol. The summed E-state index contributed by atoms with van der Waals surface area (Å²) < 4.78 is 0. The van der Waals surface area contributed by atoms with Crippen LogP contribution in [0.4, 0.5) is 0 Å². The van der Waals surface area contributed by atoms with Crippen LogP contribution in [-0.4, -0.2) is 35.0 Å². The number of unbranched alkanes of at least 4 members (excludes halogenated alkanes) is 3. The van der Waals surface area contributed by atoms with Crippen LogP contribution in [0.3, 0.4) is 0 Å². The molecule has 0 heterocycles. The van der Waals surface area contributed by atoms with Crippen molar-refractivity contribution in [3.8, 4) is 0 Å². The van der Waals surface area contributed by atoms with Crippen molar-refractivity contribution in [1.29, 1.82) is 0 Å². The highest BCUT2D eigenvalue weighted by Gasteiger charge is 2.21. The lowest BCUT2D eigenvalue weighted by Gasteiger charge is -2.26. The lowest BCUT2D eigenvalue weighted by Crippen LogP contribution is -2.39. The maximum Gasteiger partial charge on any atom is 0.308 e. The summed E-state index contributed by atoms with van der Waals surface area (Å²) in [4.78, 5) is 24.6. The minimum Gasteiger partial charge on any atom is -0.481 e. The fraction of sp³-hybridized carbons (Fsp3) is 0.857. The first kappa shape index (κ1) is 16.9. The lowest BCUT2D eigenvalue weighted by atomic mass is 10.1. The third kappa shape index (κ3) is 6.62. The van der Waals surface area contributed by atoms with Gasteiger partial charge in [0, 0.05) is 19.0 Å². The second-order valence-electron chi connectivity index (χ2n) is 5.24. The minimum atomic E-state index is -0.842. The smallest absolute Gasteiger partial charge is 0.308 e. The largest absolute Gasteiger partial charge is 0.481 e. The van der Waals surface area contributed by atoms with Gasteiger partial charge in [0.15, 0.2) is 0 Å². The molecule has 1 unspecified atom stereocenters. The number of carbonyl (C=O) groups is 2. The molecule has 0 aromatic carbocycles. The molecule has 0 radical (unpaired) electrons. The highest BCUT2D eigenvalue weighted by Crippen LogP contribution is 2.09. The van der Waals surface area contributed by atoms with Crippen LogP contribution in [-0.2, 0) is 9.59 Å². The zero-order valence-electron chi connectivity index (χ0n) is 12.1. The van der Waals surface area contributed by atoms with Crippen LogP contribution in [0.25, 0.3) is 0 Å². The number of hydrogen-bond donors (Lipinski definition) is 1. The Hall–Kier alpha value is -1.06. The number of nitrogens with zero attached hydrogens (tertiary/aromatic N) is 1. The molecule has 1 N–H and O–H groups in total. The summed E-state index contributed by atoms with van der Waals surface area (Å²) >= 11 is 0. The predicted molar refractivity (Wildman–Crippen MR) is 72.4 cm³/mol. The summed E-state index contributed by atoms with van der Waals surface area (Å²) in [6.45, 7) is 8.49. The number of aliphatic carboxylic acids is 1. The maximum atomic E-state index is 12.0. The van der Waals surface area contributed by atoms with Gasteiger partial charge in [-0.05, 0) is 6.42 Å². The van der Waals surface area contributed by atoms with E-state index in [2.05, 4.69) is 6.92 Å². The Morgan fingerprint density at radius 1 is 1.11 bits per heavy atom. The van der Waals surface area contributed by atoms with E-state index in [0.29, 0.717) is 13.1 Å². The second kappa shape index (κ2) is 8.95. The molecule has 0 aromatic heterocycles. The molecule has 18 heavy (non-hydrogen) atoms. The first-order chi connectivity index (χ1) is 8.40. The van der Waals surface area contributed by atoms with Crippen LogP contribution < -0.4 is 0 Å². The molecule has 0 fully saturated rings. The molecule has 0 saturated heterocycles. The fourth-order valence-corrected chi connectivity index (χ4v) is 1.79. The Labute approximate surface area is 110 Å². The number of amides is 1. The van der Waals surface area contributed by atoms with Crippen molar-refractivity contribution in [2.75, 3.05) is 13.1 Å². The van der Waals surface area contributed by atoms with Crippen LogP contribution >= 0.6 is 0 Å². The number of carboxylic acids is 1. The van der Waals surface area contributed by atoms with Crippen molar-refractivity contribution in [3.05, 3.63) is 0 Å². The molecule has 0 aliphatic heterocycles. The van der Waals surface area contributed by atoms with Crippen molar-refractivity contribution in [2.45, 2.75) is 53.4 Å². The Morgan fingerprint density at radius 2 is 1.72 bits per heavy atom. The van der Waals surface area contributed by atoms with Gasteiger partial charge in [-0.15, -0.1) is 0 Å². The molecule has 0 aromatic rings. The van der Waals surface area contributed by atoms with Crippen LogP contribution in [0.1, 0.15) is 53.4 Å². The Balaban J connectivity index is 4.34. The molecule has 0 aliphatic carbocycles. The Kier molecular flexibility index (Phi) is 8.42. The van der Waals surface area contributed by atoms with Gasteiger partial charge >= 0.3 is 5.97 Å². The van der Waals surface area contributed by atoms with Crippen LogP contribution in [0.5, 0.6) is 0 Å². The highest BCUT2D eigenvalue weighted by molar-refractivity contribution is 5.79. The van der Waals surface area contributed by atoms with Gasteiger partial charge in [-0.3, -0.25) is 9.59 Å². The van der Waals surface area contributed by atoms with Crippen molar-refractivity contribution in [2.24, 2.45) is 11.8 Å². The minimum absolute atomic E-state index is 0.0552. The summed E-state index contributed by atoms with van der Waals surface area (Å²) in [6, 6.07) is 0. The summed E-state index contributed by atoms with van der Waals surface area (Å²) in [5, 5.41) is 8.92. The molecule has 0 saturated carbocycles. The van der Waals surface area contributed by atoms with Gasteiger partial charge in [0.1, 0.15) is 0 Å². The van der Waals surface area contributed by atoms with Crippen LogP contribution in [0.15, 0.2) is 0 Å². The molecule has 0 spiro atoms. The number of carbonyl (C=O) groups excluding carboxylic acids is 1. The highest BCUT2D eigenvalue weighted by atomic mass is 16.4. The normalized spacial score (nSPS) is 12.5. The van der Waals surface area contributed by atoms with E-state index in [1.54, 1.807) is 11.8 Å². The molecule has 0 bridgehead atoms. The summed E-state index contributed by atoms with van der Waals surface area (Å²) in [5.41, 5.74) is 0. The molecule has 106 valence electrons. The van der Waals surface area contributed by atoms with Gasteiger partial charge in [0.05, 0.1) is 5.92 Å². The Morgan fingerprint density at radius 3 is 2.17 bits per heavy atom. The quantitative estimate of drug-likeness (QED) is 0.646. The molecular weight excluding hydrogens is 230 g/mol.